The largest absolute Gasteiger partial charge is 0.254 e. The fraction of sp³-hybridized carbons (Fsp3) is 1.00. The topological polar surface area (TPSA) is 0 Å². The Morgan fingerprint density at radius 3 is 2.00 bits per heavy atom. The molecule has 2 rings (SSSR count). The summed E-state index contributed by atoms with van der Waals surface area (Å²) in [6, 6.07) is 0. The van der Waals surface area contributed by atoms with Gasteiger partial charge in [-0.2, -0.15) is 0 Å². The minimum Gasteiger partial charge on any atom is -0.146 e. The van der Waals surface area contributed by atoms with E-state index in [-0.39, 0.29) is 0 Å². The molecule has 0 N–H and O–H groups in total. The van der Waals surface area contributed by atoms with Gasteiger partial charge in [0.1, 0.15) is 0 Å². The van der Waals surface area contributed by atoms with Crippen LogP contribution in [-0.4, -0.2) is 6.69 Å². The van der Waals surface area contributed by atoms with Crippen molar-refractivity contribution in [3.8, 4) is 0 Å². The molecule has 0 aromatic carbocycles. The van der Waals surface area contributed by atoms with Gasteiger partial charge in [-0.15, -0.1) is 22.2 Å². The first-order chi connectivity index (χ1) is 5.04. The van der Waals surface area contributed by atoms with Crippen LogP contribution >= 0.6 is 22.2 Å². The zero-order chi connectivity index (χ0) is 8.11. The zero-order valence-electron chi connectivity index (χ0n) is 6.87. The summed E-state index contributed by atoms with van der Waals surface area (Å²) in [4.78, 5) is 0. The average Bonchev–Trinajstić information content (AvgIpc) is 2.42. The molecule has 0 aromatic heterocycles. The lowest BCUT2D eigenvalue weighted by atomic mass is 10.0. The molecule has 2 saturated carbocycles. The predicted molar refractivity (Wildman–Crippen MR) is 52.6 cm³/mol. The Labute approximate surface area is 78.7 Å². The van der Waals surface area contributed by atoms with Crippen LogP contribution in [0.15, 0.2) is 0 Å². The Hall–Kier alpha value is 0.797. The van der Waals surface area contributed by atoms with Gasteiger partial charge < -0.3 is 0 Å². The van der Waals surface area contributed by atoms with Crippen LogP contribution in [-0.2, 0) is 0 Å². The van der Waals surface area contributed by atoms with Crippen LogP contribution in [0.1, 0.15) is 32.1 Å². The highest BCUT2D eigenvalue weighted by atomic mass is 35.7. The molecule has 2 bridgehead atoms. The first-order valence-corrected chi connectivity index (χ1v) is 8.94. The van der Waals surface area contributed by atoms with Crippen molar-refractivity contribution in [2.45, 2.75) is 43.7 Å². The molecule has 0 saturated heterocycles. The summed E-state index contributed by atoms with van der Waals surface area (Å²) in [7, 11) is 0. The third-order valence-corrected chi connectivity index (χ3v) is 8.64. The van der Waals surface area contributed by atoms with Crippen LogP contribution in [0.5, 0.6) is 0 Å². The van der Waals surface area contributed by atoms with Gasteiger partial charge >= 0.3 is 0 Å². The smallest absolute Gasteiger partial charge is 0.146 e. The summed E-state index contributed by atoms with van der Waals surface area (Å²) in [6.07, 6.45) is 6.74. The summed E-state index contributed by atoms with van der Waals surface area (Å²) >= 11 is 12.7. The summed E-state index contributed by atoms with van der Waals surface area (Å²) in [5, 5.41) is 0.417. The minimum absolute atomic E-state index is 0.417. The Morgan fingerprint density at radius 2 is 1.82 bits per heavy atom. The number of fused-ring (bicyclic) bond motifs is 2. The van der Waals surface area contributed by atoms with E-state index in [1.807, 2.05) is 0 Å². The monoisotopic (exact) mass is 208 g/mol. The van der Waals surface area contributed by atoms with Crippen LogP contribution in [0.3, 0.4) is 0 Å². The van der Waals surface area contributed by atoms with E-state index in [1.54, 1.807) is 0 Å². The van der Waals surface area contributed by atoms with Crippen molar-refractivity contribution >= 4 is 28.9 Å². The van der Waals surface area contributed by atoms with Gasteiger partial charge in [0.2, 0.25) is 0 Å². The Bertz CT molecular complexity index is 165. The minimum atomic E-state index is -1.89. The molecule has 2 aliphatic carbocycles. The van der Waals surface area contributed by atoms with Gasteiger partial charge in [0, 0.05) is 0 Å². The van der Waals surface area contributed by atoms with E-state index in [1.165, 1.54) is 32.1 Å². The van der Waals surface area contributed by atoms with Crippen molar-refractivity contribution in [1.29, 1.82) is 0 Å². The zero-order valence-corrected chi connectivity index (χ0v) is 9.38. The molecule has 0 unspecified atom stereocenters. The van der Waals surface area contributed by atoms with E-state index in [9.17, 15) is 0 Å². The molecule has 0 aliphatic heterocycles. The van der Waals surface area contributed by atoms with Gasteiger partial charge in [-0.25, -0.2) is 0 Å². The van der Waals surface area contributed by atoms with Crippen molar-refractivity contribution in [2.75, 3.05) is 0 Å². The normalized spacial score (nSPS) is 43.4. The van der Waals surface area contributed by atoms with E-state index >= 15 is 0 Å². The van der Waals surface area contributed by atoms with Crippen molar-refractivity contribution in [2.24, 2.45) is 5.92 Å². The fourth-order valence-corrected chi connectivity index (χ4v) is 6.22. The van der Waals surface area contributed by atoms with E-state index in [2.05, 4.69) is 6.55 Å². The molecule has 0 radical (unpaired) electrons. The second-order valence-electron chi connectivity index (χ2n) is 4.32. The van der Waals surface area contributed by atoms with Crippen molar-refractivity contribution in [1.82, 2.24) is 0 Å². The number of hydrogen-bond donors (Lipinski definition) is 0. The highest BCUT2D eigenvalue weighted by Crippen LogP contribution is 2.66. The highest BCUT2D eigenvalue weighted by Gasteiger charge is 2.56. The summed E-state index contributed by atoms with van der Waals surface area (Å²) in [5.41, 5.74) is 0. The van der Waals surface area contributed by atoms with E-state index in [0.29, 0.717) is 5.04 Å². The highest BCUT2D eigenvalue weighted by molar-refractivity contribution is 7.46. The molecule has 0 spiro atoms. The van der Waals surface area contributed by atoms with Crippen LogP contribution in [0.25, 0.3) is 0 Å². The lowest BCUT2D eigenvalue weighted by Crippen LogP contribution is -2.31. The van der Waals surface area contributed by atoms with Gasteiger partial charge in [-0.1, -0.05) is 12.8 Å². The molecule has 0 heterocycles. The maximum absolute atomic E-state index is 6.33. The molecule has 64 valence electrons. The van der Waals surface area contributed by atoms with Crippen LogP contribution < -0.4 is 0 Å². The predicted octanol–water partition coefficient (Wildman–Crippen LogP) is 3.87. The fourth-order valence-electron chi connectivity index (χ4n) is 2.81. The lowest BCUT2D eigenvalue weighted by molar-refractivity contribution is 0.486. The number of hydrogen-bond acceptors (Lipinski definition) is 0. The molecule has 2 aliphatic rings. The number of halogens is 2. The third kappa shape index (κ3) is 1.16. The second kappa shape index (κ2) is 2.40. The van der Waals surface area contributed by atoms with Gasteiger partial charge in [-0.05, 0) is 36.8 Å². The average molecular weight is 209 g/mol. The summed E-state index contributed by atoms with van der Waals surface area (Å²) in [6.45, 7) is 0.213. The molecular formula is C8H14Cl2Si. The third-order valence-electron chi connectivity index (χ3n) is 3.67. The van der Waals surface area contributed by atoms with Crippen LogP contribution in [0.4, 0.5) is 0 Å². The lowest BCUT2D eigenvalue weighted by Gasteiger charge is -2.33. The van der Waals surface area contributed by atoms with Crippen molar-refractivity contribution in [3.05, 3.63) is 0 Å². The van der Waals surface area contributed by atoms with E-state index in [4.69, 9.17) is 22.2 Å². The maximum Gasteiger partial charge on any atom is 0.254 e. The molecule has 3 heteroatoms. The van der Waals surface area contributed by atoms with Gasteiger partial charge in [0.05, 0.1) is 0 Å². The SMILES string of the molecule is C[Si](Cl)(Cl)C12CCC(CC1)C2. The number of rotatable bonds is 1. The molecule has 0 atom stereocenters. The van der Waals surface area contributed by atoms with Gasteiger partial charge in [0.25, 0.3) is 6.69 Å². The molecule has 11 heavy (non-hydrogen) atoms. The van der Waals surface area contributed by atoms with Crippen LogP contribution in [0, 0.1) is 5.92 Å². The summed E-state index contributed by atoms with van der Waals surface area (Å²) in [5.74, 6) is 0.972. The van der Waals surface area contributed by atoms with Crippen molar-refractivity contribution in [3.63, 3.8) is 0 Å². The van der Waals surface area contributed by atoms with Crippen LogP contribution in [0.2, 0.25) is 11.6 Å². The van der Waals surface area contributed by atoms with Gasteiger partial charge in [0.15, 0.2) is 0 Å². The molecule has 0 aromatic rings. The first kappa shape index (κ1) is 8.40. The van der Waals surface area contributed by atoms with Gasteiger partial charge in [-0.3, -0.25) is 0 Å². The standard InChI is InChI=1S/C8H14Cl2Si/c1-11(9,10)8-4-2-7(6-8)3-5-8/h7H,2-6H2,1H3. The molecular weight excluding hydrogens is 195 g/mol. The second-order valence-corrected chi connectivity index (χ2v) is 12.3. The molecule has 0 amide bonds. The Kier molecular flexibility index (Phi) is 1.83. The van der Waals surface area contributed by atoms with E-state index in [0.717, 1.165) is 5.92 Å². The Balaban J connectivity index is 2.23. The van der Waals surface area contributed by atoms with Crippen molar-refractivity contribution < 1.29 is 0 Å². The quantitative estimate of drug-likeness (QED) is 0.454. The maximum atomic E-state index is 6.33. The molecule has 0 nitrogen and oxygen atoms in total. The Morgan fingerprint density at radius 1 is 1.27 bits per heavy atom. The van der Waals surface area contributed by atoms with E-state index < -0.39 is 6.69 Å². The first-order valence-electron chi connectivity index (χ1n) is 4.41. The molecule has 2 fully saturated rings. The summed E-state index contributed by atoms with van der Waals surface area (Å²) < 4.78 is 0.